The fourth-order valence-corrected chi connectivity index (χ4v) is 4.11. The van der Waals surface area contributed by atoms with Crippen molar-refractivity contribution in [3.63, 3.8) is 0 Å². The van der Waals surface area contributed by atoms with Gasteiger partial charge in [-0.2, -0.15) is 0 Å². The highest BCUT2D eigenvalue weighted by Crippen LogP contribution is 2.37. The summed E-state index contributed by atoms with van der Waals surface area (Å²) in [7, 11) is 0. The molecule has 21 heavy (non-hydrogen) atoms. The normalized spacial score (nSPS) is 16.9. The minimum Gasteiger partial charge on any atom is -0.506 e. The van der Waals surface area contributed by atoms with Crippen molar-refractivity contribution in [3.8, 4) is 5.75 Å². The monoisotopic (exact) mass is 451 g/mol. The summed E-state index contributed by atoms with van der Waals surface area (Å²) in [5.74, 6) is -1.63. The van der Waals surface area contributed by atoms with Gasteiger partial charge in [0, 0.05) is 10.0 Å². The SMILES string of the molecule is O=C(O)CN1C(=O)/C(=C\c2cc(Br)cc(Br)c2O)SC1=S. The van der Waals surface area contributed by atoms with Crippen molar-refractivity contribution in [1.29, 1.82) is 0 Å². The molecule has 0 aromatic heterocycles. The van der Waals surface area contributed by atoms with Gasteiger partial charge in [0.15, 0.2) is 0 Å². The van der Waals surface area contributed by atoms with E-state index in [0.717, 1.165) is 21.1 Å². The van der Waals surface area contributed by atoms with Crippen molar-refractivity contribution in [2.45, 2.75) is 0 Å². The maximum atomic E-state index is 12.1. The zero-order valence-corrected chi connectivity index (χ0v) is 15.0. The standard InChI is InChI=1S/C12H7Br2NO4S2/c13-6-1-5(10(18)7(14)3-6)2-8-11(19)15(4-9(16)17)12(20)21-8/h1-3,18H,4H2,(H,16,17)/b8-2+. The third-order valence-electron chi connectivity index (χ3n) is 2.51. The summed E-state index contributed by atoms with van der Waals surface area (Å²) >= 11 is 12.5. The summed E-state index contributed by atoms with van der Waals surface area (Å²) in [5.41, 5.74) is 0.423. The van der Waals surface area contributed by atoms with Crippen LogP contribution < -0.4 is 0 Å². The molecule has 1 fully saturated rings. The first-order chi connectivity index (χ1) is 9.79. The minimum atomic E-state index is -1.14. The first-order valence-electron chi connectivity index (χ1n) is 5.44. The lowest BCUT2D eigenvalue weighted by Crippen LogP contribution is -2.33. The first kappa shape index (κ1) is 16.5. The molecule has 5 nitrogen and oxygen atoms in total. The number of phenols is 1. The molecule has 2 rings (SSSR count). The Hall–Kier alpha value is -0.900. The van der Waals surface area contributed by atoms with Crippen LogP contribution in [-0.2, 0) is 9.59 Å². The average Bonchev–Trinajstić information content (AvgIpc) is 2.63. The number of carboxylic acids is 1. The number of thiocarbonyl (C=S) groups is 1. The molecule has 110 valence electrons. The fraction of sp³-hybridized carbons (Fsp3) is 0.0833. The summed E-state index contributed by atoms with van der Waals surface area (Å²) in [6.45, 7) is -0.476. The highest BCUT2D eigenvalue weighted by molar-refractivity contribution is 9.11. The third-order valence-corrected chi connectivity index (χ3v) is 4.95. The molecule has 0 aliphatic carbocycles. The Kier molecular flexibility index (Phi) is 5.07. The summed E-state index contributed by atoms with van der Waals surface area (Å²) < 4.78 is 1.38. The van der Waals surface area contributed by atoms with E-state index in [9.17, 15) is 14.7 Å². The summed E-state index contributed by atoms with van der Waals surface area (Å²) in [4.78, 5) is 24.1. The van der Waals surface area contributed by atoms with Crippen molar-refractivity contribution in [2.24, 2.45) is 0 Å². The van der Waals surface area contributed by atoms with Crippen LogP contribution in [0.25, 0.3) is 6.08 Å². The van der Waals surface area contributed by atoms with Gasteiger partial charge in [-0.1, -0.05) is 39.9 Å². The van der Waals surface area contributed by atoms with Crippen LogP contribution in [0.2, 0.25) is 0 Å². The number of carboxylic acid groups (broad SMARTS) is 1. The molecule has 1 aliphatic rings. The van der Waals surface area contributed by atoms with E-state index in [1.54, 1.807) is 12.1 Å². The lowest BCUT2D eigenvalue weighted by molar-refractivity contribution is -0.140. The number of phenolic OH excluding ortho intramolecular Hbond substituents is 1. The van der Waals surface area contributed by atoms with E-state index >= 15 is 0 Å². The number of carbonyl (C=O) groups is 2. The third kappa shape index (κ3) is 3.65. The molecule has 1 aromatic carbocycles. The molecule has 9 heteroatoms. The maximum absolute atomic E-state index is 12.1. The molecule has 1 aliphatic heterocycles. The van der Waals surface area contributed by atoms with Crippen LogP contribution in [0.1, 0.15) is 5.56 Å². The van der Waals surface area contributed by atoms with E-state index < -0.39 is 18.4 Å². The van der Waals surface area contributed by atoms with Crippen molar-refractivity contribution in [2.75, 3.05) is 6.54 Å². The first-order valence-corrected chi connectivity index (χ1v) is 8.26. The smallest absolute Gasteiger partial charge is 0.323 e. The number of rotatable bonds is 3. The van der Waals surface area contributed by atoms with Crippen LogP contribution in [-0.4, -0.2) is 37.9 Å². The fourth-order valence-electron chi connectivity index (χ4n) is 1.61. The Morgan fingerprint density at radius 2 is 2.10 bits per heavy atom. The molecule has 1 saturated heterocycles. The van der Waals surface area contributed by atoms with Crippen LogP contribution in [0.3, 0.4) is 0 Å². The molecular formula is C12H7Br2NO4S2. The van der Waals surface area contributed by atoms with Gasteiger partial charge >= 0.3 is 5.97 Å². The van der Waals surface area contributed by atoms with E-state index in [-0.39, 0.29) is 15.0 Å². The topological polar surface area (TPSA) is 77.8 Å². The number of nitrogens with zero attached hydrogens (tertiary/aromatic N) is 1. The number of carbonyl (C=O) groups excluding carboxylic acids is 1. The minimum absolute atomic E-state index is 0.0123. The number of hydrogen-bond donors (Lipinski definition) is 2. The van der Waals surface area contributed by atoms with Gasteiger partial charge in [-0.25, -0.2) is 0 Å². The van der Waals surface area contributed by atoms with Gasteiger partial charge in [0.2, 0.25) is 0 Å². The quantitative estimate of drug-likeness (QED) is 0.541. The number of aromatic hydroxyl groups is 1. The summed E-state index contributed by atoms with van der Waals surface area (Å²) in [5, 5.41) is 18.7. The molecule has 0 atom stereocenters. The predicted octanol–water partition coefficient (Wildman–Crippen LogP) is 3.20. The van der Waals surface area contributed by atoms with Gasteiger partial charge in [0.25, 0.3) is 5.91 Å². The average molecular weight is 453 g/mol. The van der Waals surface area contributed by atoms with Gasteiger partial charge < -0.3 is 10.2 Å². The number of amides is 1. The zero-order chi connectivity index (χ0) is 15.7. The number of aliphatic carboxylic acids is 1. The van der Waals surface area contributed by atoms with E-state index in [4.69, 9.17) is 17.3 Å². The molecular weight excluding hydrogens is 446 g/mol. The van der Waals surface area contributed by atoms with E-state index in [1.165, 1.54) is 6.08 Å². The van der Waals surface area contributed by atoms with Gasteiger partial charge in [0.05, 0.1) is 9.38 Å². The number of halogens is 2. The number of benzene rings is 1. The Bertz CT molecular complexity index is 690. The number of thioether (sulfide) groups is 1. The highest BCUT2D eigenvalue weighted by atomic mass is 79.9. The maximum Gasteiger partial charge on any atom is 0.323 e. The molecule has 0 unspecified atom stereocenters. The van der Waals surface area contributed by atoms with E-state index in [2.05, 4.69) is 31.9 Å². The van der Waals surface area contributed by atoms with Gasteiger partial charge in [-0.3, -0.25) is 14.5 Å². The van der Waals surface area contributed by atoms with Crippen LogP contribution in [0.15, 0.2) is 26.0 Å². The van der Waals surface area contributed by atoms with Gasteiger partial charge in [-0.15, -0.1) is 0 Å². The van der Waals surface area contributed by atoms with Gasteiger partial charge in [0.1, 0.15) is 16.6 Å². The Morgan fingerprint density at radius 3 is 2.71 bits per heavy atom. The van der Waals surface area contributed by atoms with Gasteiger partial charge in [-0.05, 0) is 34.1 Å². The largest absolute Gasteiger partial charge is 0.506 e. The molecule has 0 bridgehead atoms. The number of hydrogen-bond acceptors (Lipinski definition) is 5. The summed E-state index contributed by atoms with van der Waals surface area (Å²) in [6.07, 6.45) is 1.48. The molecule has 1 aromatic rings. The predicted molar refractivity (Wildman–Crippen MR) is 91.0 cm³/mol. The molecule has 0 radical (unpaired) electrons. The molecule has 0 saturated carbocycles. The van der Waals surface area contributed by atoms with Crippen LogP contribution in [0.5, 0.6) is 5.75 Å². The Balaban J connectivity index is 2.37. The van der Waals surface area contributed by atoms with Crippen molar-refractivity contribution in [1.82, 2.24) is 4.90 Å². The second kappa shape index (κ2) is 6.47. The summed E-state index contributed by atoms with van der Waals surface area (Å²) in [6, 6.07) is 3.31. The molecule has 0 spiro atoms. The highest BCUT2D eigenvalue weighted by Gasteiger charge is 2.33. The lowest BCUT2D eigenvalue weighted by atomic mass is 10.2. The molecule has 1 amide bonds. The van der Waals surface area contributed by atoms with Crippen LogP contribution in [0.4, 0.5) is 0 Å². The van der Waals surface area contributed by atoms with E-state index in [0.29, 0.717) is 10.0 Å². The second-order valence-electron chi connectivity index (χ2n) is 3.99. The van der Waals surface area contributed by atoms with Crippen molar-refractivity contribution < 1.29 is 19.8 Å². The molecule has 2 N–H and O–H groups in total. The Morgan fingerprint density at radius 1 is 1.43 bits per heavy atom. The van der Waals surface area contributed by atoms with Crippen LogP contribution in [0, 0.1) is 0 Å². The Labute approximate surface area is 146 Å². The van der Waals surface area contributed by atoms with Crippen molar-refractivity contribution in [3.05, 3.63) is 31.5 Å². The van der Waals surface area contributed by atoms with E-state index in [1.807, 2.05) is 0 Å². The molecule has 1 heterocycles. The van der Waals surface area contributed by atoms with Crippen LogP contribution >= 0.6 is 55.8 Å². The van der Waals surface area contributed by atoms with Crippen molar-refractivity contribution >= 4 is 78.1 Å². The lowest BCUT2D eigenvalue weighted by Gasteiger charge is -2.10. The second-order valence-corrected chi connectivity index (χ2v) is 7.43. The zero-order valence-electron chi connectivity index (χ0n) is 10.2.